The lowest BCUT2D eigenvalue weighted by Crippen LogP contribution is -2.26. The molecular weight excluding hydrogens is 290 g/mol. The van der Waals surface area contributed by atoms with Gasteiger partial charge in [0.05, 0.1) is 5.60 Å². The molecule has 18 heavy (non-hydrogen) atoms. The van der Waals surface area contributed by atoms with Crippen LogP contribution in [0.25, 0.3) is 0 Å². The van der Waals surface area contributed by atoms with Crippen LogP contribution < -0.4 is 5.73 Å². The monoisotopic (exact) mass is 313 g/mol. The largest absolute Gasteiger partial charge is 0.379 e. The second-order valence-electron chi connectivity index (χ2n) is 5.43. The molecule has 1 aromatic rings. The third-order valence-electron chi connectivity index (χ3n) is 3.48. The van der Waals surface area contributed by atoms with Gasteiger partial charge in [0.2, 0.25) is 0 Å². The number of hydrogen-bond donors (Lipinski definition) is 1. The van der Waals surface area contributed by atoms with Gasteiger partial charge >= 0.3 is 0 Å². The standard InChI is InChI=1S/C15H24BrNO/c1-15(2,18-3)9-8-13(11-17)10-12-4-6-14(16)7-5-12/h4-7,13H,8-11,17H2,1-3H3. The topological polar surface area (TPSA) is 35.2 Å². The molecule has 0 fully saturated rings. The molecule has 1 unspecified atom stereocenters. The lowest BCUT2D eigenvalue weighted by Gasteiger charge is -2.25. The van der Waals surface area contributed by atoms with Crippen molar-refractivity contribution < 1.29 is 4.74 Å². The summed E-state index contributed by atoms with van der Waals surface area (Å²) < 4.78 is 6.57. The van der Waals surface area contributed by atoms with Gasteiger partial charge in [0, 0.05) is 11.6 Å². The number of hydrogen-bond acceptors (Lipinski definition) is 2. The summed E-state index contributed by atoms with van der Waals surface area (Å²) in [5.74, 6) is 0.528. The Labute approximate surface area is 119 Å². The maximum atomic E-state index is 5.87. The lowest BCUT2D eigenvalue weighted by molar-refractivity contribution is 0.0106. The highest BCUT2D eigenvalue weighted by Crippen LogP contribution is 2.22. The van der Waals surface area contributed by atoms with Crippen molar-refractivity contribution in [3.8, 4) is 0 Å². The van der Waals surface area contributed by atoms with Crippen LogP contribution in [0.5, 0.6) is 0 Å². The van der Waals surface area contributed by atoms with Crippen molar-refractivity contribution in [2.45, 2.75) is 38.7 Å². The molecule has 1 atom stereocenters. The molecule has 1 aromatic carbocycles. The predicted molar refractivity (Wildman–Crippen MR) is 80.7 cm³/mol. The summed E-state index contributed by atoms with van der Waals surface area (Å²) >= 11 is 3.45. The molecule has 2 nitrogen and oxygen atoms in total. The van der Waals surface area contributed by atoms with Gasteiger partial charge in [0.25, 0.3) is 0 Å². The van der Waals surface area contributed by atoms with E-state index in [1.54, 1.807) is 7.11 Å². The van der Waals surface area contributed by atoms with Crippen molar-refractivity contribution in [3.63, 3.8) is 0 Å². The Bertz CT molecular complexity index is 348. The summed E-state index contributed by atoms with van der Waals surface area (Å²) in [6.45, 7) is 4.98. The van der Waals surface area contributed by atoms with E-state index >= 15 is 0 Å². The first-order valence-corrected chi connectivity index (χ1v) is 7.26. The van der Waals surface area contributed by atoms with Crippen LogP contribution in [0.2, 0.25) is 0 Å². The van der Waals surface area contributed by atoms with Crippen molar-refractivity contribution in [3.05, 3.63) is 34.3 Å². The van der Waals surface area contributed by atoms with Crippen molar-refractivity contribution >= 4 is 15.9 Å². The van der Waals surface area contributed by atoms with E-state index in [4.69, 9.17) is 10.5 Å². The Morgan fingerprint density at radius 3 is 2.39 bits per heavy atom. The van der Waals surface area contributed by atoms with Crippen LogP contribution in [-0.2, 0) is 11.2 Å². The van der Waals surface area contributed by atoms with Gasteiger partial charge in [-0.15, -0.1) is 0 Å². The van der Waals surface area contributed by atoms with E-state index in [0.717, 1.165) is 30.3 Å². The van der Waals surface area contributed by atoms with Crippen LogP contribution >= 0.6 is 15.9 Å². The molecular formula is C15H24BrNO. The SMILES string of the molecule is COC(C)(C)CCC(CN)Cc1ccc(Br)cc1. The van der Waals surface area contributed by atoms with Gasteiger partial charge in [0.15, 0.2) is 0 Å². The second-order valence-corrected chi connectivity index (χ2v) is 6.35. The number of methoxy groups -OCH3 is 1. The Balaban J connectivity index is 2.49. The average Bonchev–Trinajstić information content (AvgIpc) is 2.37. The molecule has 0 aliphatic heterocycles. The zero-order valence-electron chi connectivity index (χ0n) is 11.6. The molecule has 0 amide bonds. The molecule has 102 valence electrons. The summed E-state index contributed by atoms with van der Waals surface area (Å²) in [4.78, 5) is 0. The molecule has 0 aromatic heterocycles. The number of rotatable bonds is 7. The lowest BCUT2D eigenvalue weighted by atomic mass is 9.90. The smallest absolute Gasteiger partial charge is 0.0622 e. The van der Waals surface area contributed by atoms with Gasteiger partial charge in [-0.05, 0) is 63.3 Å². The van der Waals surface area contributed by atoms with E-state index in [1.807, 2.05) is 0 Å². The third-order valence-corrected chi connectivity index (χ3v) is 4.01. The molecule has 1 rings (SSSR count). The minimum Gasteiger partial charge on any atom is -0.379 e. The van der Waals surface area contributed by atoms with Crippen LogP contribution in [0.1, 0.15) is 32.3 Å². The fourth-order valence-corrected chi connectivity index (χ4v) is 2.18. The summed E-state index contributed by atoms with van der Waals surface area (Å²) in [6, 6.07) is 8.49. The maximum Gasteiger partial charge on any atom is 0.0622 e. The van der Waals surface area contributed by atoms with Gasteiger partial charge in [0.1, 0.15) is 0 Å². The number of benzene rings is 1. The molecule has 0 aliphatic rings. The number of nitrogens with two attached hydrogens (primary N) is 1. The van der Waals surface area contributed by atoms with Gasteiger partial charge in [-0.25, -0.2) is 0 Å². The summed E-state index contributed by atoms with van der Waals surface area (Å²) in [5, 5.41) is 0. The maximum absolute atomic E-state index is 5.87. The normalized spacial score (nSPS) is 13.6. The summed E-state index contributed by atoms with van der Waals surface area (Å²) in [6.07, 6.45) is 3.19. The molecule has 0 bridgehead atoms. The highest BCUT2D eigenvalue weighted by atomic mass is 79.9. The first-order chi connectivity index (χ1) is 8.46. The Morgan fingerprint density at radius 2 is 1.89 bits per heavy atom. The van der Waals surface area contributed by atoms with Gasteiger partial charge in [-0.3, -0.25) is 0 Å². The van der Waals surface area contributed by atoms with Crippen LogP contribution in [0.3, 0.4) is 0 Å². The van der Waals surface area contributed by atoms with E-state index in [9.17, 15) is 0 Å². The minimum atomic E-state index is -0.0485. The highest BCUT2D eigenvalue weighted by Gasteiger charge is 2.18. The zero-order chi connectivity index (χ0) is 13.6. The van der Waals surface area contributed by atoms with Gasteiger partial charge < -0.3 is 10.5 Å². The first kappa shape index (κ1) is 15.7. The van der Waals surface area contributed by atoms with Crippen LogP contribution in [-0.4, -0.2) is 19.3 Å². The minimum absolute atomic E-state index is 0.0485. The Kier molecular flexibility index (Phi) is 6.33. The fraction of sp³-hybridized carbons (Fsp3) is 0.600. The van der Waals surface area contributed by atoms with Crippen LogP contribution in [0, 0.1) is 5.92 Å². The van der Waals surface area contributed by atoms with E-state index in [1.165, 1.54) is 5.56 Å². The first-order valence-electron chi connectivity index (χ1n) is 6.46. The fourth-order valence-electron chi connectivity index (χ4n) is 1.91. The van der Waals surface area contributed by atoms with Gasteiger partial charge in [-0.2, -0.15) is 0 Å². The van der Waals surface area contributed by atoms with Crippen LogP contribution in [0.15, 0.2) is 28.7 Å². The van der Waals surface area contributed by atoms with E-state index in [0.29, 0.717) is 5.92 Å². The van der Waals surface area contributed by atoms with Crippen molar-refractivity contribution in [2.24, 2.45) is 11.7 Å². The molecule has 0 saturated carbocycles. The Morgan fingerprint density at radius 1 is 1.28 bits per heavy atom. The van der Waals surface area contributed by atoms with Crippen molar-refractivity contribution in [1.82, 2.24) is 0 Å². The van der Waals surface area contributed by atoms with Crippen LogP contribution in [0.4, 0.5) is 0 Å². The molecule has 0 heterocycles. The second kappa shape index (κ2) is 7.27. The number of ether oxygens (including phenoxy) is 1. The van der Waals surface area contributed by atoms with E-state index in [2.05, 4.69) is 54.0 Å². The van der Waals surface area contributed by atoms with E-state index in [-0.39, 0.29) is 5.60 Å². The highest BCUT2D eigenvalue weighted by molar-refractivity contribution is 9.10. The molecule has 0 saturated heterocycles. The summed E-state index contributed by atoms with van der Waals surface area (Å²) in [7, 11) is 1.77. The Hall–Kier alpha value is -0.380. The molecule has 2 N–H and O–H groups in total. The average molecular weight is 314 g/mol. The van der Waals surface area contributed by atoms with Gasteiger partial charge in [-0.1, -0.05) is 28.1 Å². The zero-order valence-corrected chi connectivity index (χ0v) is 13.2. The third kappa shape index (κ3) is 5.51. The van der Waals surface area contributed by atoms with E-state index < -0.39 is 0 Å². The molecule has 0 aliphatic carbocycles. The summed E-state index contributed by atoms with van der Waals surface area (Å²) in [5.41, 5.74) is 7.17. The predicted octanol–water partition coefficient (Wildman–Crippen LogP) is 3.77. The molecule has 3 heteroatoms. The quantitative estimate of drug-likeness (QED) is 0.831. The molecule has 0 radical (unpaired) electrons. The van der Waals surface area contributed by atoms with Crippen molar-refractivity contribution in [2.75, 3.05) is 13.7 Å². The van der Waals surface area contributed by atoms with Crippen molar-refractivity contribution in [1.29, 1.82) is 0 Å². The molecule has 0 spiro atoms. The number of halogens is 1.